The zero-order chi connectivity index (χ0) is 22.4. The topological polar surface area (TPSA) is 145 Å². The molecule has 160 valence electrons. The molecule has 2 rings (SSSR count). The highest BCUT2D eigenvalue weighted by Crippen LogP contribution is 2.40. The summed E-state index contributed by atoms with van der Waals surface area (Å²) in [6.07, 6.45) is -0.382. The number of hydrogen-bond donors (Lipinski definition) is 2. The molecule has 0 saturated carbocycles. The van der Waals surface area contributed by atoms with Gasteiger partial charge in [0.2, 0.25) is 0 Å². The van der Waals surface area contributed by atoms with E-state index in [2.05, 4.69) is 5.32 Å². The van der Waals surface area contributed by atoms with Crippen molar-refractivity contribution < 1.29 is 33.9 Å². The van der Waals surface area contributed by atoms with E-state index in [0.717, 1.165) is 0 Å². The summed E-state index contributed by atoms with van der Waals surface area (Å²) in [5.41, 5.74) is 1.12. The van der Waals surface area contributed by atoms with Gasteiger partial charge in [-0.15, -0.1) is 0 Å². The van der Waals surface area contributed by atoms with Gasteiger partial charge in [0.15, 0.2) is 0 Å². The van der Waals surface area contributed by atoms with Crippen molar-refractivity contribution in [3.05, 3.63) is 62.5 Å². The summed E-state index contributed by atoms with van der Waals surface area (Å²) in [4.78, 5) is 46.9. The molecule has 1 aromatic rings. The molecule has 0 radical (unpaired) electrons. The number of carboxylic acid groups (broad SMARTS) is 1. The molecular formula is C20H22N2O8. The van der Waals surface area contributed by atoms with Crippen molar-refractivity contribution in [2.24, 2.45) is 0 Å². The van der Waals surface area contributed by atoms with E-state index >= 15 is 0 Å². The minimum Gasteiger partial charge on any atom is -0.481 e. The molecule has 1 aliphatic rings. The Morgan fingerprint density at radius 1 is 1.13 bits per heavy atom. The number of nitrogens with one attached hydrogen (secondary N) is 1. The van der Waals surface area contributed by atoms with Gasteiger partial charge in [-0.3, -0.25) is 14.9 Å². The monoisotopic (exact) mass is 418 g/mol. The molecule has 1 unspecified atom stereocenters. The van der Waals surface area contributed by atoms with Crippen LogP contribution in [0.25, 0.3) is 0 Å². The quantitative estimate of drug-likeness (QED) is 0.369. The van der Waals surface area contributed by atoms with Crippen LogP contribution in [0.4, 0.5) is 5.69 Å². The van der Waals surface area contributed by atoms with Gasteiger partial charge in [0.05, 0.1) is 35.0 Å². The lowest BCUT2D eigenvalue weighted by Gasteiger charge is -2.30. The molecule has 0 spiro atoms. The molecule has 10 nitrogen and oxygen atoms in total. The third kappa shape index (κ3) is 5.02. The summed E-state index contributed by atoms with van der Waals surface area (Å²) in [5, 5.41) is 22.9. The Hall–Kier alpha value is -3.69. The molecule has 0 aromatic heterocycles. The second kappa shape index (κ2) is 9.68. The molecule has 1 aromatic carbocycles. The van der Waals surface area contributed by atoms with Gasteiger partial charge in [-0.1, -0.05) is 12.1 Å². The second-order valence-electron chi connectivity index (χ2n) is 6.49. The van der Waals surface area contributed by atoms with Crippen LogP contribution in [0.15, 0.2) is 46.8 Å². The summed E-state index contributed by atoms with van der Waals surface area (Å²) in [6, 6.07) is 5.59. The summed E-state index contributed by atoms with van der Waals surface area (Å²) in [7, 11) is 0. The van der Waals surface area contributed by atoms with Crippen LogP contribution in [0.2, 0.25) is 0 Å². The first-order valence-corrected chi connectivity index (χ1v) is 9.16. The molecule has 0 bridgehead atoms. The van der Waals surface area contributed by atoms with E-state index in [1.54, 1.807) is 26.8 Å². The van der Waals surface area contributed by atoms with E-state index < -0.39 is 28.7 Å². The third-order valence-corrected chi connectivity index (χ3v) is 4.44. The Bertz CT molecular complexity index is 948. The SMILES string of the molecule is CCOC(=O)C1=C(C)NC(C)=C(C(=O)OCCC(=O)O)C1c1cccc([N+](=O)[O-])c1. The number of rotatable bonds is 8. The number of carboxylic acids is 1. The van der Waals surface area contributed by atoms with Crippen molar-refractivity contribution in [2.75, 3.05) is 13.2 Å². The Labute approximate surface area is 172 Å². The van der Waals surface area contributed by atoms with Crippen LogP contribution in [0.1, 0.15) is 38.7 Å². The number of non-ortho nitro benzene ring substituents is 1. The lowest BCUT2D eigenvalue weighted by Crippen LogP contribution is -2.32. The van der Waals surface area contributed by atoms with Crippen molar-refractivity contribution in [2.45, 2.75) is 33.1 Å². The number of aliphatic carboxylic acids is 1. The average Bonchev–Trinajstić information content (AvgIpc) is 2.67. The molecule has 1 heterocycles. The Balaban J connectivity index is 2.57. The first kappa shape index (κ1) is 22.6. The standard InChI is InChI=1S/C20H22N2O8/c1-4-29-19(25)16-11(2)21-12(3)17(20(26)30-9-8-15(23)24)18(16)13-6-5-7-14(10-13)22(27)28/h5-7,10,18,21H,4,8-9H2,1-3H3,(H,23,24). The molecule has 10 heteroatoms. The highest BCUT2D eigenvalue weighted by Gasteiger charge is 2.38. The van der Waals surface area contributed by atoms with E-state index in [1.165, 1.54) is 18.2 Å². The summed E-state index contributed by atoms with van der Waals surface area (Å²) >= 11 is 0. The van der Waals surface area contributed by atoms with E-state index in [9.17, 15) is 24.5 Å². The van der Waals surface area contributed by atoms with Gasteiger partial charge in [0.1, 0.15) is 6.61 Å². The van der Waals surface area contributed by atoms with Crippen LogP contribution in [-0.4, -0.2) is 41.2 Å². The Morgan fingerprint density at radius 3 is 2.27 bits per heavy atom. The number of carbonyl (C=O) groups excluding carboxylic acids is 2. The van der Waals surface area contributed by atoms with E-state index in [1.807, 2.05) is 0 Å². The maximum Gasteiger partial charge on any atom is 0.336 e. The minimum absolute atomic E-state index is 0.0505. The number of benzene rings is 1. The molecule has 1 atom stereocenters. The van der Waals surface area contributed by atoms with Gasteiger partial charge in [-0.25, -0.2) is 9.59 Å². The number of nitro benzene ring substituents is 1. The number of dihydropyridines is 1. The van der Waals surface area contributed by atoms with Crippen LogP contribution in [0.3, 0.4) is 0 Å². The van der Waals surface area contributed by atoms with Gasteiger partial charge in [-0.2, -0.15) is 0 Å². The van der Waals surface area contributed by atoms with Gasteiger partial charge in [0, 0.05) is 23.5 Å². The van der Waals surface area contributed by atoms with Crippen LogP contribution in [0, 0.1) is 10.1 Å². The number of allylic oxidation sites excluding steroid dienone is 2. The predicted molar refractivity (Wildman–Crippen MR) is 104 cm³/mol. The fourth-order valence-corrected chi connectivity index (χ4v) is 3.20. The fraction of sp³-hybridized carbons (Fsp3) is 0.350. The van der Waals surface area contributed by atoms with Crippen LogP contribution < -0.4 is 5.32 Å². The highest BCUT2D eigenvalue weighted by molar-refractivity contribution is 6.00. The summed E-state index contributed by atoms with van der Waals surface area (Å²) in [6.45, 7) is 4.60. The number of esters is 2. The Kier molecular flexibility index (Phi) is 7.29. The highest BCUT2D eigenvalue weighted by atomic mass is 16.6. The maximum absolute atomic E-state index is 12.8. The van der Waals surface area contributed by atoms with Crippen molar-refractivity contribution in [3.63, 3.8) is 0 Å². The molecule has 2 N–H and O–H groups in total. The van der Waals surface area contributed by atoms with Gasteiger partial charge >= 0.3 is 17.9 Å². The molecule has 0 saturated heterocycles. The Morgan fingerprint density at radius 2 is 1.73 bits per heavy atom. The van der Waals surface area contributed by atoms with E-state index in [-0.39, 0.29) is 36.5 Å². The lowest BCUT2D eigenvalue weighted by molar-refractivity contribution is -0.384. The minimum atomic E-state index is -1.13. The summed E-state index contributed by atoms with van der Waals surface area (Å²) < 4.78 is 10.2. The molecule has 0 amide bonds. The zero-order valence-corrected chi connectivity index (χ0v) is 16.8. The van der Waals surface area contributed by atoms with Gasteiger partial charge in [0.25, 0.3) is 5.69 Å². The zero-order valence-electron chi connectivity index (χ0n) is 16.8. The molecule has 0 fully saturated rings. The first-order chi connectivity index (χ1) is 14.2. The first-order valence-electron chi connectivity index (χ1n) is 9.16. The smallest absolute Gasteiger partial charge is 0.336 e. The number of hydrogen-bond acceptors (Lipinski definition) is 8. The number of carbonyl (C=O) groups is 3. The average molecular weight is 418 g/mol. The number of ether oxygens (including phenoxy) is 2. The number of nitrogens with zero attached hydrogens (tertiary/aromatic N) is 1. The second-order valence-corrected chi connectivity index (χ2v) is 6.49. The summed E-state index contributed by atoms with van der Waals surface area (Å²) in [5.74, 6) is -3.62. The van der Waals surface area contributed by atoms with Crippen molar-refractivity contribution in [1.82, 2.24) is 5.32 Å². The molecule has 30 heavy (non-hydrogen) atoms. The van der Waals surface area contributed by atoms with Crippen molar-refractivity contribution >= 4 is 23.6 Å². The fourth-order valence-electron chi connectivity index (χ4n) is 3.20. The van der Waals surface area contributed by atoms with Crippen molar-refractivity contribution in [1.29, 1.82) is 0 Å². The van der Waals surface area contributed by atoms with Gasteiger partial charge < -0.3 is 19.9 Å². The maximum atomic E-state index is 12.8. The lowest BCUT2D eigenvalue weighted by atomic mass is 9.80. The van der Waals surface area contributed by atoms with Crippen LogP contribution >= 0.6 is 0 Å². The van der Waals surface area contributed by atoms with E-state index in [0.29, 0.717) is 17.0 Å². The van der Waals surface area contributed by atoms with Crippen molar-refractivity contribution in [3.8, 4) is 0 Å². The largest absolute Gasteiger partial charge is 0.481 e. The number of nitro groups is 1. The van der Waals surface area contributed by atoms with Crippen LogP contribution in [-0.2, 0) is 23.9 Å². The molecule has 1 aliphatic heterocycles. The third-order valence-electron chi connectivity index (χ3n) is 4.44. The predicted octanol–water partition coefficient (Wildman–Crippen LogP) is 2.41. The molecule has 0 aliphatic carbocycles. The normalized spacial score (nSPS) is 16.0. The van der Waals surface area contributed by atoms with E-state index in [4.69, 9.17) is 14.6 Å². The molecular weight excluding hydrogens is 396 g/mol. The van der Waals surface area contributed by atoms with Crippen LogP contribution in [0.5, 0.6) is 0 Å². The van der Waals surface area contributed by atoms with Gasteiger partial charge in [-0.05, 0) is 26.3 Å².